The Morgan fingerprint density at radius 3 is 1.14 bits per heavy atom. The predicted octanol–water partition coefficient (Wildman–Crippen LogP) is 7.29. The Bertz CT molecular complexity index is 293. The summed E-state index contributed by atoms with van der Waals surface area (Å²) < 4.78 is 0. The molecule has 0 N–H and O–H groups in total. The molecule has 0 nitrogen and oxygen atoms in total. The summed E-state index contributed by atoms with van der Waals surface area (Å²) in [6.07, 6.45) is 22.4. The van der Waals surface area contributed by atoms with Crippen molar-refractivity contribution in [3.63, 3.8) is 0 Å². The monoisotopic (exact) mass is 338 g/mol. The van der Waals surface area contributed by atoms with Crippen molar-refractivity contribution in [2.75, 3.05) is 0 Å². The van der Waals surface area contributed by atoms with Crippen LogP contribution in [0.3, 0.4) is 0 Å². The molecule has 4 saturated carbocycles. The van der Waals surface area contributed by atoms with Gasteiger partial charge in [0.25, 0.3) is 0 Å². The van der Waals surface area contributed by atoms with Crippen LogP contribution in [0.5, 0.6) is 0 Å². The molecule has 0 atom stereocenters. The van der Waals surface area contributed by atoms with Gasteiger partial charge in [-0.15, -0.1) is 0 Å². The lowest BCUT2D eigenvalue weighted by Gasteiger charge is -2.55. The molecule has 0 aromatic carbocycles. The van der Waals surface area contributed by atoms with Gasteiger partial charge in [0.1, 0.15) is 0 Å². The number of hydrogen-bond acceptors (Lipinski definition) is 0. The molecule has 126 valence electrons. The molecule has 0 aromatic rings. The summed E-state index contributed by atoms with van der Waals surface area (Å²) in [4.78, 5) is 0. The van der Waals surface area contributed by atoms with E-state index in [0.29, 0.717) is 15.8 Å². The van der Waals surface area contributed by atoms with Crippen molar-refractivity contribution in [2.45, 2.75) is 125 Å². The smallest absolute Gasteiger partial charge is 0.000400 e. The molecular formula is C20H36P2. The zero-order valence-corrected chi connectivity index (χ0v) is 16.5. The van der Waals surface area contributed by atoms with Crippen LogP contribution in [0, 0.1) is 0 Å². The molecule has 0 radical (unpaired) electrons. The minimum absolute atomic E-state index is 0.402. The molecular weight excluding hydrogens is 302 g/mol. The maximum absolute atomic E-state index is 2.48. The molecule has 4 aliphatic rings. The molecule has 0 unspecified atom stereocenters. The normalized spacial score (nSPS) is 27.8. The zero-order valence-electron chi connectivity index (χ0n) is 14.7. The van der Waals surface area contributed by atoms with Crippen LogP contribution >= 0.6 is 15.8 Å². The van der Waals surface area contributed by atoms with E-state index in [1.807, 2.05) is 0 Å². The molecule has 0 saturated heterocycles. The fourth-order valence-corrected chi connectivity index (χ4v) is 16.6. The van der Waals surface area contributed by atoms with Crippen LogP contribution in [0.2, 0.25) is 0 Å². The highest BCUT2D eigenvalue weighted by atomic mass is 31.2. The minimum atomic E-state index is 0.402. The first-order chi connectivity index (χ1) is 10.9. The highest BCUT2D eigenvalue weighted by Crippen LogP contribution is 2.76. The van der Waals surface area contributed by atoms with Gasteiger partial charge in [0, 0.05) is 5.40 Å². The van der Waals surface area contributed by atoms with Crippen LogP contribution < -0.4 is 0 Å². The van der Waals surface area contributed by atoms with Crippen LogP contribution in [0.4, 0.5) is 0 Å². The van der Waals surface area contributed by atoms with Gasteiger partial charge in [-0.05, 0) is 80.4 Å². The van der Waals surface area contributed by atoms with Crippen LogP contribution in [0.1, 0.15) is 96.8 Å². The molecule has 0 amide bonds. The fraction of sp³-hybridized carbons (Fsp3) is 1.00. The molecule has 4 fully saturated rings. The van der Waals surface area contributed by atoms with Crippen molar-refractivity contribution >= 4 is 15.8 Å². The summed E-state index contributed by atoms with van der Waals surface area (Å²) in [6.45, 7) is 2.48. The molecule has 0 spiro atoms. The lowest BCUT2D eigenvalue weighted by molar-refractivity contribution is 0.462. The SMILES string of the molecule is CCCC(P(C1CCC1)C1CCC1)P(C1CCC1)C1CCC1. The van der Waals surface area contributed by atoms with Crippen molar-refractivity contribution < 1.29 is 0 Å². The minimum Gasteiger partial charge on any atom is -0.0927 e. The summed E-state index contributed by atoms with van der Waals surface area (Å²) >= 11 is 0. The van der Waals surface area contributed by atoms with E-state index in [1.165, 1.54) is 34.5 Å². The average Bonchev–Trinajstić information content (AvgIpc) is 2.25. The van der Waals surface area contributed by atoms with Gasteiger partial charge in [0.2, 0.25) is 0 Å². The molecule has 4 rings (SSSR count). The third-order valence-corrected chi connectivity index (χ3v) is 16.2. The molecule has 0 aromatic heterocycles. The Kier molecular flexibility index (Phi) is 5.49. The van der Waals surface area contributed by atoms with E-state index in [4.69, 9.17) is 0 Å². The van der Waals surface area contributed by atoms with Crippen molar-refractivity contribution in [1.29, 1.82) is 0 Å². The van der Waals surface area contributed by atoms with Gasteiger partial charge in [0.15, 0.2) is 0 Å². The van der Waals surface area contributed by atoms with Gasteiger partial charge < -0.3 is 0 Å². The van der Waals surface area contributed by atoms with Crippen LogP contribution in [-0.2, 0) is 0 Å². The summed E-state index contributed by atoms with van der Waals surface area (Å²) in [5.74, 6) is 0. The van der Waals surface area contributed by atoms with E-state index in [-0.39, 0.29) is 0 Å². The molecule has 4 aliphatic carbocycles. The molecule has 2 heteroatoms. The van der Waals surface area contributed by atoms with Gasteiger partial charge in [0.05, 0.1) is 0 Å². The first-order valence-electron chi connectivity index (χ1n) is 10.4. The predicted molar refractivity (Wildman–Crippen MR) is 103 cm³/mol. The Morgan fingerprint density at radius 2 is 0.955 bits per heavy atom. The van der Waals surface area contributed by atoms with E-state index in [1.54, 1.807) is 83.5 Å². The summed E-state index contributed by atoms with van der Waals surface area (Å²) in [6, 6.07) is 0. The standard InChI is InChI=1S/C20H36P2/c1-2-7-20(21(16-8-3-9-16)17-10-4-11-17)22(18-12-5-13-18)19-14-6-15-19/h16-20H,2-15H2,1H3. The number of rotatable bonds is 8. The molecule has 0 aliphatic heterocycles. The van der Waals surface area contributed by atoms with Crippen LogP contribution in [0.15, 0.2) is 0 Å². The van der Waals surface area contributed by atoms with Crippen molar-refractivity contribution in [2.24, 2.45) is 0 Å². The number of hydrogen-bond donors (Lipinski definition) is 0. The highest BCUT2D eigenvalue weighted by molar-refractivity contribution is 7.77. The Labute approximate surface area is 141 Å². The fourth-order valence-electron chi connectivity index (χ4n) is 5.02. The summed E-state index contributed by atoms with van der Waals surface area (Å²) in [5.41, 5.74) is 4.90. The maximum Gasteiger partial charge on any atom is 0.000400 e. The molecule has 0 heterocycles. The van der Waals surface area contributed by atoms with Crippen LogP contribution in [0.25, 0.3) is 0 Å². The largest absolute Gasteiger partial charge is 0.0927 e. The topological polar surface area (TPSA) is 0 Å². The Hall–Kier alpha value is 0.860. The lowest BCUT2D eigenvalue weighted by atomic mass is 9.99. The zero-order chi connectivity index (χ0) is 14.9. The first-order valence-corrected chi connectivity index (χ1v) is 13.5. The van der Waals surface area contributed by atoms with Gasteiger partial charge >= 0.3 is 0 Å². The Balaban J connectivity index is 1.55. The summed E-state index contributed by atoms with van der Waals surface area (Å²) in [5, 5.41) is 1.25. The van der Waals surface area contributed by atoms with Crippen molar-refractivity contribution in [3.8, 4) is 0 Å². The third-order valence-electron chi connectivity index (χ3n) is 7.22. The second-order valence-corrected chi connectivity index (χ2v) is 14.9. The quantitative estimate of drug-likeness (QED) is 0.408. The van der Waals surface area contributed by atoms with E-state index in [0.717, 1.165) is 0 Å². The van der Waals surface area contributed by atoms with Gasteiger partial charge in [-0.2, -0.15) is 0 Å². The highest BCUT2D eigenvalue weighted by Gasteiger charge is 2.47. The van der Waals surface area contributed by atoms with E-state index < -0.39 is 0 Å². The second-order valence-electron chi connectivity index (χ2n) is 8.50. The summed E-state index contributed by atoms with van der Waals surface area (Å²) in [7, 11) is 0.804. The second kappa shape index (κ2) is 7.40. The molecule has 0 bridgehead atoms. The first kappa shape index (κ1) is 16.3. The van der Waals surface area contributed by atoms with E-state index in [9.17, 15) is 0 Å². The van der Waals surface area contributed by atoms with Crippen LogP contribution in [-0.4, -0.2) is 28.0 Å². The van der Waals surface area contributed by atoms with Gasteiger partial charge in [-0.3, -0.25) is 0 Å². The Morgan fingerprint density at radius 1 is 0.636 bits per heavy atom. The lowest BCUT2D eigenvalue weighted by Crippen LogP contribution is -2.36. The van der Waals surface area contributed by atoms with E-state index in [2.05, 4.69) is 6.92 Å². The van der Waals surface area contributed by atoms with Crippen molar-refractivity contribution in [1.82, 2.24) is 0 Å². The van der Waals surface area contributed by atoms with Crippen molar-refractivity contribution in [3.05, 3.63) is 0 Å². The third kappa shape index (κ3) is 3.06. The maximum atomic E-state index is 2.48. The van der Waals surface area contributed by atoms with Gasteiger partial charge in [-0.1, -0.05) is 54.9 Å². The van der Waals surface area contributed by atoms with Gasteiger partial charge in [-0.25, -0.2) is 0 Å². The van der Waals surface area contributed by atoms with E-state index >= 15 is 0 Å². The molecule has 22 heavy (non-hydrogen) atoms. The average molecular weight is 338 g/mol.